The second kappa shape index (κ2) is 7.66. The molecule has 0 atom stereocenters. The predicted molar refractivity (Wildman–Crippen MR) is 76.0 cm³/mol. The minimum absolute atomic E-state index is 0.664. The fourth-order valence-corrected chi connectivity index (χ4v) is 1.84. The van der Waals surface area contributed by atoms with E-state index in [0.717, 1.165) is 6.42 Å². The van der Waals surface area contributed by atoms with E-state index < -0.39 is 0 Å². The molecule has 4 heteroatoms. The van der Waals surface area contributed by atoms with Crippen molar-refractivity contribution in [2.24, 2.45) is 0 Å². The van der Waals surface area contributed by atoms with Crippen molar-refractivity contribution in [3.05, 3.63) is 60.2 Å². The maximum atomic E-state index is 4.45. The van der Waals surface area contributed by atoms with E-state index in [0.29, 0.717) is 6.54 Å². The number of benzene rings is 2. The number of fused-ring (bicyclic) bond motifs is 1. The third kappa shape index (κ3) is 4.46. The molecule has 2 aromatic rings. The van der Waals surface area contributed by atoms with Crippen molar-refractivity contribution >= 4 is 10.8 Å². The number of nitrogens with one attached hydrogen (secondary N) is 2. The van der Waals surface area contributed by atoms with Gasteiger partial charge in [-0.1, -0.05) is 54.6 Å². The molecule has 0 aromatic heterocycles. The van der Waals surface area contributed by atoms with Gasteiger partial charge in [-0.25, -0.2) is 10.3 Å². The summed E-state index contributed by atoms with van der Waals surface area (Å²) >= 11 is 0. The van der Waals surface area contributed by atoms with Crippen molar-refractivity contribution < 1.29 is 9.88 Å². The molecule has 0 spiro atoms. The summed E-state index contributed by atoms with van der Waals surface area (Å²) < 4.78 is 0. The molecular formula is C15H18N2O2. The first kappa shape index (κ1) is 13.7. The highest BCUT2D eigenvalue weighted by molar-refractivity contribution is 5.83. The van der Waals surface area contributed by atoms with Gasteiger partial charge in [0.25, 0.3) is 0 Å². The molecule has 0 aliphatic heterocycles. The van der Waals surface area contributed by atoms with E-state index in [1.54, 1.807) is 0 Å². The van der Waals surface area contributed by atoms with Crippen LogP contribution < -0.4 is 11.0 Å². The number of hydrogen-bond acceptors (Lipinski definition) is 4. The summed E-state index contributed by atoms with van der Waals surface area (Å²) in [5, 5.41) is 2.56. The van der Waals surface area contributed by atoms with E-state index in [1.807, 2.05) is 6.08 Å². The Morgan fingerprint density at radius 1 is 1.05 bits per heavy atom. The summed E-state index contributed by atoms with van der Waals surface area (Å²) in [6.45, 7) is 0.664. The molecule has 19 heavy (non-hydrogen) atoms. The van der Waals surface area contributed by atoms with E-state index in [9.17, 15) is 0 Å². The lowest BCUT2D eigenvalue weighted by atomic mass is 10.1. The number of hydrazine groups is 1. The Kier molecular flexibility index (Phi) is 5.52. The second-order valence-electron chi connectivity index (χ2n) is 4.09. The molecule has 0 saturated carbocycles. The van der Waals surface area contributed by atoms with Gasteiger partial charge in [0, 0.05) is 6.54 Å². The molecular weight excluding hydrogens is 240 g/mol. The third-order valence-corrected chi connectivity index (χ3v) is 2.75. The standard InChI is InChI=1S/C15H18N2O2/c1-18-19-17-16-11-5-4-6-13-9-10-14-7-2-3-8-15(14)12-13/h2-5,7-10,12,16-17H,6,11H2,1H3/b5-4-. The average Bonchev–Trinajstić information content (AvgIpc) is 2.46. The van der Waals surface area contributed by atoms with Crippen LogP contribution in [0.15, 0.2) is 54.6 Å². The largest absolute Gasteiger partial charge is 0.228 e. The zero-order valence-corrected chi connectivity index (χ0v) is 10.9. The van der Waals surface area contributed by atoms with Crippen LogP contribution in [0.25, 0.3) is 10.8 Å². The summed E-state index contributed by atoms with van der Waals surface area (Å²) in [7, 11) is 1.43. The molecule has 100 valence electrons. The fourth-order valence-electron chi connectivity index (χ4n) is 1.84. The molecule has 0 aliphatic rings. The van der Waals surface area contributed by atoms with Crippen molar-refractivity contribution in [3.8, 4) is 0 Å². The number of allylic oxidation sites excluding steroid dienone is 1. The molecule has 0 saturated heterocycles. The number of hydrogen-bond donors (Lipinski definition) is 2. The molecule has 0 unspecified atom stereocenters. The smallest absolute Gasteiger partial charge is 0.0733 e. The molecule has 2 N–H and O–H groups in total. The van der Waals surface area contributed by atoms with Gasteiger partial charge < -0.3 is 0 Å². The Bertz CT molecular complexity index is 540. The Morgan fingerprint density at radius 2 is 1.89 bits per heavy atom. The van der Waals surface area contributed by atoms with Crippen molar-refractivity contribution in [2.75, 3.05) is 13.7 Å². The maximum Gasteiger partial charge on any atom is 0.0733 e. The van der Waals surface area contributed by atoms with Gasteiger partial charge >= 0.3 is 0 Å². The molecule has 2 aromatic carbocycles. The highest BCUT2D eigenvalue weighted by atomic mass is 17.3. The van der Waals surface area contributed by atoms with E-state index in [4.69, 9.17) is 0 Å². The first-order valence-electron chi connectivity index (χ1n) is 6.20. The molecule has 4 nitrogen and oxygen atoms in total. The van der Waals surface area contributed by atoms with Crippen molar-refractivity contribution in [2.45, 2.75) is 6.42 Å². The monoisotopic (exact) mass is 258 g/mol. The first-order valence-corrected chi connectivity index (χ1v) is 6.20. The zero-order chi connectivity index (χ0) is 13.3. The molecule has 2 rings (SSSR count). The van der Waals surface area contributed by atoms with E-state index in [-0.39, 0.29) is 0 Å². The summed E-state index contributed by atoms with van der Waals surface area (Å²) in [6.07, 6.45) is 5.06. The van der Waals surface area contributed by atoms with Gasteiger partial charge in [-0.15, -0.1) is 10.6 Å². The van der Waals surface area contributed by atoms with Gasteiger partial charge in [0.05, 0.1) is 7.11 Å². The lowest BCUT2D eigenvalue weighted by Gasteiger charge is -2.02. The topological polar surface area (TPSA) is 42.5 Å². The highest BCUT2D eigenvalue weighted by Crippen LogP contribution is 2.15. The fraction of sp³-hybridized carbons (Fsp3) is 0.200. The summed E-state index contributed by atoms with van der Waals surface area (Å²) in [5.74, 6) is 0. The molecule has 0 fully saturated rings. The lowest BCUT2D eigenvalue weighted by molar-refractivity contribution is -0.326. The number of rotatable bonds is 7. The highest BCUT2D eigenvalue weighted by Gasteiger charge is 1.94. The van der Waals surface area contributed by atoms with Gasteiger partial charge in [0.15, 0.2) is 0 Å². The van der Waals surface area contributed by atoms with Crippen LogP contribution in [-0.4, -0.2) is 13.7 Å². The average molecular weight is 258 g/mol. The summed E-state index contributed by atoms with van der Waals surface area (Å²) in [5.41, 5.74) is 6.55. The zero-order valence-electron chi connectivity index (χ0n) is 10.9. The van der Waals surface area contributed by atoms with Gasteiger partial charge in [0.2, 0.25) is 0 Å². The predicted octanol–water partition coefficient (Wildman–Crippen LogP) is 2.53. The molecule has 0 heterocycles. The van der Waals surface area contributed by atoms with E-state index in [1.165, 1.54) is 23.4 Å². The van der Waals surface area contributed by atoms with Crippen LogP contribution in [0.4, 0.5) is 0 Å². The van der Waals surface area contributed by atoms with Crippen LogP contribution in [0.1, 0.15) is 5.56 Å². The van der Waals surface area contributed by atoms with Crippen molar-refractivity contribution in [1.82, 2.24) is 11.0 Å². The maximum absolute atomic E-state index is 4.45. The van der Waals surface area contributed by atoms with E-state index in [2.05, 4.69) is 69.4 Å². The molecule has 0 aliphatic carbocycles. The van der Waals surface area contributed by atoms with Crippen LogP contribution in [0, 0.1) is 0 Å². The quantitative estimate of drug-likeness (QED) is 0.346. The third-order valence-electron chi connectivity index (χ3n) is 2.75. The van der Waals surface area contributed by atoms with Gasteiger partial charge in [-0.2, -0.15) is 0 Å². The SMILES string of the molecule is COONNC/C=C\Cc1ccc2ccccc2c1. The Hall–Kier alpha value is -1.72. The minimum Gasteiger partial charge on any atom is -0.228 e. The van der Waals surface area contributed by atoms with Crippen molar-refractivity contribution in [1.29, 1.82) is 0 Å². The second-order valence-corrected chi connectivity index (χ2v) is 4.09. The summed E-state index contributed by atoms with van der Waals surface area (Å²) in [6, 6.07) is 14.9. The minimum atomic E-state index is 0.664. The van der Waals surface area contributed by atoms with E-state index >= 15 is 0 Å². The van der Waals surface area contributed by atoms with Gasteiger partial charge in [-0.05, 0) is 22.8 Å². The first-order chi connectivity index (χ1) is 9.40. The molecule has 0 bridgehead atoms. The Morgan fingerprint density at radius 3 is 2.74 bits per heavy atom. The molecule has 0 amide bonds. The molecule has 0 radical (unpaired) electrons. The van der Waals surface area contributed by atoms with Crippen LogP contribution in [0.2, 0.25) is 0 Å². The lowest BCUT2D eigenvalue weighted by Crippen LogP contribution is -2.31. The normalized spacial score (nSPS) is 11.4. The van der Waals surface area contributed by atoms with Gasteiger partial charge in [0.1, 0.15) is 0 Å². The summed E-state index contributed by atoms with van der Waals surface area (Å²) in [4.78, 5) is 8.81. The van der Waals surface area contributed by atoms with Crippen LogP contribution in [0.5, 0.6) is 0 Å². The van der Waals surface area contributed by atoms with Crippen molar-refractivity contribution in [3.63, 3.8) is 0 Å². The Labute approximate surface area is 112 Å². The Balaban J connectivity index is 1.82. The van der Waals surface area contributed by atoms with Crippen LogP contribution >= 0.6 is 0 Å². The van der Waals surface area contributed by atoms with Crippen LogP contribution in [0.3, 0.4) is 0 Å². The van der Waals surface area contributed by atoms with Gasteiger partial charge in [-0.3, -0.25) is 0 Å². The van der Waals surface area contributed by atoms with Crippen LogP contribution in [-0.2, 0) is 16.3 Å².